The van der Waals surface area contributed by atoms with Crippen molar-refractivity contribution in [3.8, 4) is 0 Å². The summed E-state index contributed by atoms with van der Waals surface area (Å²) in [7, 11) is 0. The van der Waals surface area contributed by atoms with Crippen LogP contribution < -0.4 is 0 Å². The fourth-order valence-corrected chi connectivity index (χ4v) is 2.50. The van der Waals surface area contributed by atoms with Crippen molar-refractivity contribution in [1.29, 1.82) is 0 Å². The molecule has 4 nitrogen and oxygen atoms in total. The van der Waals surface area contributed by atoms with Gasteiger partial charge in [0.1, 0.15) is 10.8 Å². The molecular weight excluding hydrogens is 226 g/mol. The Morgan fingerprint density at radius 1 is 1.25 bits per heavy atom. The summed E-state index contributed by atoms with van der Waals surface area (Å²) < 4.78 is 0. The molecule has 1 rings (SSSR count). The fraction of sp³-hybridized carbons (Fsp3) is 0.364. The lowest BCUT2D eigenvalue weighted by Gasteiger charge is -1.99. The highest BCUT2D eigenvalue weighted by atomic mass is 32.1. The van der Waals surface area contributed by atoms with Crippen LogP contribution in [0, 0.1) is 6.92 Å². The third-order valence-corrected chi connectivity index (χ3v) is 3.32. The quantitative estimate of drug-likeness (QED) is 0.500. The minimum Gasteiger partial charge on any atom is -0.512 e. The smallest absolute Gasteiger partial charge is 0.171 e. The van der Waals surface area contributed by atoms with Crippen molar-refractivity contribution in [3.05, 3.63) is 21.3 Å². The van der Waals surface area contributed by atoms with Gasteiger partial charge in [0.05, 0.1) is 16.1 Å². The molecule has 0 unspecified atom stereocenters. The Morgan fingerprint density at radius 3 is 2.12 bits per heavy atom. The third-order valence-electron chi connectivity index (χ3n) is 2.04. The maximum atomic E-state index is 11.3. The van der Waals surface area contributed by atoms with Crippen molar-refractivity contribution >= 4 is 28.5 Å². The average Bonchev–Trinajstić information content (AvgIpc) is 2.45. The summed E-state index contributed by atoms with van der Waals surface area (Å²) in [6.07, 6.45) is 0. The summed E-state index contributed by atoms with van der Waals surface area (Å²) in [5.74, 6) is -0.417. The second kappa shape index (κ2) is 4.57. The van der Waals surface area contributed by atoms with Gasteiger partial charge in [-0.25, -0.2) is 4.98 Å². The zero-order chi connectivity index (χ0) is 12.5. The van der Waals surface area contributed by atoms with Gasteiger partial charge < -0.3 is 5.11 Å². The highest BCUT2D eigenvalue weighted by Crippen LogP contribution is 2.27. The number of carbonyl (C=O) groups excluding carboxylic acids is 2. The van der Waals surface area contributed by atoms with Gasteiger partial charge in [0.25, 0.3) is 0 Å². The molecule has 0 radical (unpaired) electrons. The Labute approximate surface area is 97.6 Å². The first-order chi connectivity index (χ1) is 7.34. The van der Waals surface area contributed by atoms with Crippen LogP contribution in [-0.4, -0.2) is 21.7 Å². The second-order valence-electron chi connectivity index (χ2n) is 3.51. The minimum absolute atomic E-state index is 0.0728. The van der Waals surface area contributed by atoms with E-state index in [2.05, 4.69) is 4.98 Å². The Kier molecular flexibility index (Phi) is 3.59. The fourth-order valence-electron chi connectivity index (χ4n) is 1.39. The first-order valence-electron chi connectivity index (χ1n) is 4.74. The van der Waals surface area contributed by atoms with Crippen molar-refractivity contribution in [2.45, 2.75) is 27.7 Å². The van der Waals surface area contributed by atoms with Gasteiger partial charge >= 0.3 is 0 Å². The number of ketones is 2. The molecule has 0 amide bonds. The summed E-state index contributed by atoms with van der Waals surface area (Å²) in [5.41, 5.74) is 0.771. The minimum atomic E-state index is -0.260. The lowest BCUT2D eigenvalue weighted by Crippen LogP contribution is -1.98. The molecule has 0 aromatic carbocycles. The number of aliphatic hydroxyl groups is 1. The van der Waals surface area contributed by atoms with E-state index >= 15 is 0 Å². The van der Waals surface area contributed by atoms with Crippen molar-refractivity contribution in [3.63, 3.8) is 0 Å². The predicted octanol–water partition coefficient (Wildman–Crippen LogP) is 2.53. The number of aryl methyl sites for hydroxylation is 1. The Bertz CT molecular complexity index is 481. The van der Waals surface area contributed by atoms with Gasteiger partial charge in [-0.1, -0.05) is 0 Å². The second-order valence-corrected chi connectivity index (χ2v) is 4.51. The standard InChI is InChI=1S/C11H13NO3S/c1-5-10(8(4)15)16-11(12-5)9(6(2)13)7(3)14/h13H,1-4H3. The first-order valence-corrected chi connectivity index (χ1v) is 5.55. The van der Waals surface area contributed by atoms with Gasteiger partial charge in [-0.3, -0.25) is 9.59 Å². The molecule has 0 aliphatic heterocycles. The highest BCUT2D eigenvalue weighted by Gasteiger charge is 2.19. The van der Waals surface area contributed by atoms with Crippen LogP contribution in [0.25, 0.3) is 5.57 Å². The molecule has 0 atom stereocenters. The van der Waals surface area contributed by atoms with Gasteiger partial charge in [-0.15, -0.1) is 11.3 Å². The molecule has 0 saturated heterocycles. The van der Waals surface area contributed by atoms with E-state index in [4.69, 9.17) is 0 Å². The number of carbonyl (C=O) groups is 2. The van der Waals surface area contributed by atoms with Gasteiger partial charge in [0.15, 0.2) is 11.6 Å². The molecule has 0 fully saturated rings. The van der Waals surface area contributed by atoms with Crippen molar-refractivity contribution in [1.82, 2.24) is 4.98 Å². The summed E-state index contributed by atoms with van der Waals surface area (Å²) in [4.78, 5) is 27.2. The first kappa shape index (κ1) is 12.6. The Hall–Kier alpha value is -1.49. The van der Waals surface area contributed by atoms with Crippen LogP contribution in [0.2, 0.25) is 0 Å². The number of rotatable bonds is 3. The molecule has 0 saturated carbocycles. The van der Waals surface area contributed by atoms with Crippen molar-refractivity contribution in [2.75, 3.05) is 0 Å². The average molecular weight is 239 g/mol. The van der Waals surface area contributed by atoms with Gasteiger partial charge in [-0.2, -0.15) is 0 Å². The molecular formula is C11H13NO3S. The summed E-state index contributed by atoms with van der Waals surface area (Å²) in [6.45, 7) is 5.95. The van der Waals surface area contributed by atoms with Crippen LogP contribution in [0.5, 0.6) is 0 Å². The summed E-state index contributed by atoms with van der Waals surface area (Å²) in [6, 6.07) is 0. The number of hydrogen-bond donors (Lipinski definition) is 1. The monoisotopic (exact) mass is 239 g/mol. The maximum absolute atomic E-state index is 11.3. The molecule has 16 heavy (non-hydrogen) atoms. The van der Waals surface area contributed by atoms with E-state index in [1.54, 1.807) is 6.92 Å². The molecule has 1 heterocycles. The van der Waals surface area contributed by atoms with E-state index in [-0.39, 0.29) is 22.9 Å². The number of aromatic nitrogens is 1. The number of hydrogen-bond acceptors (Lipinski definition) is 5. The van der Waals surface area contributed by atoms with E-state index in [9.17, 15) is 14.7 Å². The number of allylic oxidation sites excluding steroid dienone is 2. The Morgan fingerprint density at radius 2 is 1.81 bits per heavy atom. The molecule has 86 valence electrons. The lowest BCUT2D eigenvalue weighted by molar-refractivity contribution is -0.111. The van der Waals surface area contributed by atoms with Crippen LogP contribution in [0.3, 0.4) is 0 Å². The van der Waals surface area contributed by atoms with Gasteiger partial charge in [0, 0.05) is 6.92 Å². The highest BCUT2D eigenvalue weighted by molar-refractivity contribution is 7.15. The molecule has 1 aromatic rings. The number of nitrogens with zero attached hydrogens (tertiary/aromatic N) is 1. The molecule has 0 bridgehead atoms. The van der Waals surface area contributed by atoms with E-state index in [0.29, 0.717) is 15.6 Å². The maximum Gasteiger partial charge on any atom is 0.171 e. The summed E-state index contributed by atoms with van der Waals surface area (Å²) in [5, 5.41) is 9.81. The van der Waals surface area contributed by atoms with E-state index in [1.165, 1.54) is 20.8 Å². The van der Waals surface area contributed by atoms with Gasteiger partial charge in [-0.05, 0) is 20.8 Å². The topological polar surface area (TPSA) is 67.3 Å². The SMILES string of the molecule is CC(=O)C(=C(C)O)c1nc(C)c(C(C)=O)s1. The van der Waals surface area contributed by atoms with Crippen LogP contribution in [0.15, 0.2) is 5.76 Å². The zero-order valence-electron chi connectivity index (χ0n) is 9.62. The Balaban J connectivity index is 3.35. The van der Waals surface area contributed by atoms with Crippen LogP contribution in [0.4, 0.5) is 0 Å². The normalized spacial score (nSPS) is 12.2. The zero-order valence-corrected chi connectivity index (χ0v) is 10.4. The van der Waals surface area contributed by atoms with E-state index in [1.807, 2.05) is 0 Å². The van der Waals surface area contributed by atoms with Crippen molar-refractivity contribution < 1.29 is 14.7 Å². The molecule has 1 N–H and O–H groups in total. The van der Waals surface area contributed by atoms with Crippen LogP contribution in [-0.2, 0) is 4.79 Å². The molecule has 0 aliphatic rings. The predicted molar refractivity (Wildman–Crippen MR) is 62.8 cm³/mol. The number of thiazole rings is 1. The van der Waals surface area contributed by atoms with Crippen molar-refractivity contribution in [2.24, 2.45) is 0 Å². The summed E-state index contributed by atoms with van der Waals surface area (Å²) >= 11 is 1.13. The molecule has 0 aliphatic carbocycles. The third kappa shape index (κ3) is 2.36. The molecule has 0 spiro atoms. The number of aliphatic hydroxyl groups excluding tert-OH is 1. The number of Topliss-reactive ketones (excluding diaryl/α,β-unsaturated/α-hetero) is 2. The van der Waals surface area contributed by atoms with E-state index in [0.717, 1.165) is 11.3 Å². The lowest BCUT2D eigenvalue weighted by atomic mass is 10.2. The van der Waals surface area contributed by atoms with Crippen LogP contribution >= 0.6 is 11.3 Å². The van der Waals surface area contributed by atoms with Gasteiger partial charge in [0.2, 0.25) is 0 Å². The largest absolute Gasteiger partial charge is 0.512 e. The molecule has 5 heteroatoms. The molecule has 1 aromatic heterocycles. The van der Waals surface area contributed by atoms with E-state index < -0.39 is 0 Å². The van der Waals surface area contributed by atoms with Crippen LogP contribution in [0.1, 0.15) is 41.1 Å².